The lowest BCUT2D eigenvalue weighted by molar-refractivity contribution is -0.121. The molecular formula is C18H19N3O. The fourth-order valence-electron chi connectivity index (χ4n) is 4.15. The van der Waals surface area contributed by atoms with E-state index in [2.05, 4.69) is 35.3 Å². The summed E-state index contributed by atoms with van der Waals surface area (Å²) in [5.41, 5.74) is 10.2. The fourth-order valence-corrected chi connectivity index (χ4v) is 4.15. The maximum Gasteiger partial charge on any atom is 0.220 e. The van der Waals surface area contributed by atoms with Crippen molar-refractivity contribution < 1.29 is 4.79 Å². The summed E-state index contributed by atoms with van der Waals surface area (Å²) in [7, 11) is 0. The highest BCUT2D eigenvalue weighted by atomic mass is 16.1. The van der Waals surface area contributed by atoms with Crippen LogP contribution in [-0.4, -0.2) is 16.1 Å². The number of hydrogen-bond donors (Lipinski definition) is 1. The molecule has 1 aromatic carbocycles. The van der Waals surface area contributed by atoms with E-state index in [9.17, 15) is 4.79 Å². The Kier molecular flexibility index (Phi) is 2.83. The lowest BCUT2D eigenvalue weighted by Crippen LogP contribution is -2.23. The van der Waals surface area contributed by atoms with E-state index in [1.807, 2.05) is 12.1 Å². The molecule has 0 bridgehead atoms. The second-order valence-corrected chi connectivity index (χ2v) is 6.73. The van der Waals surface area contributed by atoms with Crippen molar-refractivity contribution in [2.24, 2.45) is 17.6 Å². The average Bonchev–Trinajstić information content (AvgIpc) is 3.10. The number of benzene rings is 1. The molecule has 0 radical (unpaired) electrons. The Labute approximate surface area is 129 Å². The van der Waals surface area contributed by atoms with E-state index in [-0.39, 0.29) is 17.2 Å². The molecular weight excluding hydrogens is 274 g/mol. The quantitative estimate of drug-likeness (QED) is 0.945. The van der Waals surface area contributed by atoms with Gasteiger partial charge in [-0.05, 0) is 66.8 Å². The predicted molar refractivity (Wildman–Crippen MR) is 83.9 cm³/mol. The van der Waals surface area contributed by atoms with E-state index in [1.165, 1.54) is 17.5 Å². The zero-order chi connectivity index (χ0) is 15.3. The molecule has 1 heterocycles. The number of hydrogen-bond acceptors (Lipinski definition) is 3. The number of fused-ring (bicyclic) bond motifs is 1. The Morgan fingerprint density at radius 2 is 2.18 bits per heavy atom. The summed E-state index contributed by atoms with van der Waals surface area (Å²) < 4.78 is 0. The Bertz CT molecular complexity index is 743. The van der Waals surface area contributed by atoms with Crippen LogP contribution in [0.2, 0.25) is 0 Å². The van der Waals surface area contributed by atoms with E-state index >= 15 is 0 Å². The van der Waals surface area contributed by atoms with Gasteiger partial charge in [0, 0.05) is 17.7 Å². The molecule has 2 fully saturated rings. The molecule has 0 spiro atoms. The molecule has 112 valence electrons. The van der Waals surface area contributed by atoms with Crippen LogP contribution in [0.3, 0.4) is 0 Å². The van der Waals surface area contributed by atoms with Crippen molar-refractivity contribution >= 4 is 5.91 Å². The molecule has 2 aliphatic carbocycles. The Balaban J connectivity index is 1.72. The largest absolute Gasteiger partial charge is 0.369 e. The maximum atomic E-state index is 11.5. The van der Waals surface area contributed by atoms with Gasteiger partial charge in [-0.15, -0.1) is 0 Å². The van der Waals surface area contributed by atoms with Gasteiger partial charge >= 0.3 is 0 Å². The first-order valence-electron chi connectivity index (χ1n) is 7.79. The summed E-state index contributed by atoms with van der Waals surface area (Å²) in [4.78, 5) is 11.5. The summed E-state index contributed by atoms with van der Waals surface area (Å²) >= 11 is 0. The smallest absolute Gasteiger partial charge is 0.220 e. The van der Waals surface area contributed by atoms with Crippen LogP contribution >= 0.6 is 0 Å². The maximum absolute atomic E-state index is 11.5. The standard InChI is InChI=1S/C18H19N3O/c1-11-4-5-13(8-15(11)16-3-2-6-20-21-16)18-9-12(17(19)22)7-14(18)10-18/h2-6,8,12,14H,7,9-10H2,1H3,(H2,19,22). The van der Waals surface area contributed by atoms with Crippen LogP contribution in [0.4, 0.5) is 0 Å². The SMILES string of the molecule is Cc1ccc(C23CC(C(N)=O)CC2C3)cc1-c1cccnn1. The van der Waals surface area contributed by atoms with Gasteiger partial charge in [-0.2, -0.15) is 10.2 Å². The first-order chi connectivity index (χ1) is 10.6. The normalized spacial score (nSPS) is 29.1. The van der Waals surface area contributed by atoms with Crippen molar-refractivity contribution in [3.05, 3.63) is 47.7 Å². The number of carbonyl (C=O) groups excluding carboxylic acids is 1. The lowest BCUT2D eigenvalue weighted by Gasteiger charge is -2.17. The number of aryl methyl sites for hydroxylation is 1. The van der Waals surface area contributed by atoms with Gasteiger partial charge in [-0.3, -0.25) is 4.79 Å². The average molecular weight is 293 g/mol. The third kappa shape index (κ3) is 1.94. The molecule has 2 aliphatic rings. The number of amides is 1. The van der Waals surface area contributed by atoms with Crippen molar-refractivity contribution in [3.63, 3.8) is 0 Å². The summed E-state index contributed by atoms with van der Waals surface area (Å²) in [6, 6.07) is 10.5. The molecule has 3 atom stereocenters. The minimum absolute atomic E-state index is 0.0417. The molecule has 0 saturated heterocycles. The predicted octanol–water partition coefficient (Wildman–Crippen LogP) is 2.61. The summed E-state index contributed by atoms with van der Waals surface area (Å²) in [6.07, 6.45) is 4.71. The van der Waals surface area contributed by atoms with E-state index in [1.54, 1.807) is 6.20 Å². The highest BCUT2D eigenvalue weighted by molar-refractivity contribution is 5.78. The Hall–Kier alpha value is -2.23. The van der Waals surface area contributed by atoms with E-state index in [0.717, 1.165) is 24.1 Å². The molecule has 4 rings (SSSR count). The van der Waals surface area contributed by atoms with Gasteiger partial charge in [0.15, 0.2) is 0 Å². The van der Waals surface area contributed by atoms with Gasteiger partial charge in [0.05, 0.1) is 5.69 Å². The summed E-state index contributed by atoms with van der Waals surface area (Å²) in [5.74, 6) is 0.510. The Morgan fingerprint density at radius 1 is 1.32 bits per heavy atom. The number of carbonyl (C=O) groups is 1. The molecule has 2 aromatic rings. The molecule has 3 unspecified atom stereocenters. The second kappa shape index (κ2) is 4.63. The highest BCUT2D eigenvalue weighted by Crippen LogP contribution is 2.66. The van der Waals surface area contributed by atoms with Crippen molar-refractivity contribution in [1.29, 1.82) is 0 Å². The van der Waals surface area contributed by atoms with Gasteiger partial charge in [0.2, 0.25) is 5.91 Å². The minimum Gasteiger partial charge on any atom is -0.369 e. The summed E-state index contributed by atoms with van der Waals surface area (Å²) in [5, 5.41) is 8.21. The number of nitrogens with two attached hydrogens (primary N) is 1. The number of aromatic nitrogens is 2. The van der Waals surface area contributed by atoms with E-state index in [0.29, 0.717) is 5.92 Å². The third-order valence-electron chi connectivity index (χ3n) is 5.47. The van der Waals surface area contributed by atoms with Crippen LogP contribution in [0.15, 0.2) is 36.5 Å². The van der Waals surface area contributed by atoms with Crippen LogP contribution < -0.4 is 5.73 Å². The van der Waals surface area contributed by atoms with Gasteiger partial charge in [-0.25, -0.2) is 0 Å². The third-order valence-corrected chi connectivity index (χ3v) is 5.47. The second-order valence-electron chi connectivity index (χ2n) is 6.73. The molecule has 1 amide bonds. The van der Waals surface area contributed by atoms with Gasteiger partial charge in [0.1, 0.15) is 0 Å². The van der Waals surface area contributed by atoms with E-state index in [4.69, 9.17) is 5.73 Å². The molecule has 4 nitrogen and oxygen atoms in total. The van der Waals surface area contributed by atoms with E-state index < -0.39 is 0 Å². The van der Waals surface area contributed by atoms with Crippen LogP contribution in [0.1, 0.15) is 30.4 Å². The van der Waals surface area contributed by atoms with Gasteiger partial charge in [-0.1, -0.05) is 12.1 Å². The zero-order valence-electron chi connectivity index (χ0n) is 12.6. The first kappa shape index (κ1) is 13.4. The monoisotopic (exact) mass is 293 g/mol. The van der Waals surface area contributed by atoms with Crippen LogP contribution in [0, 0.1) is 18.8 Å². The zero-order valence-corrected chi connectivity index (χ0v) is 12.6. The van der Waals surface area contributed by atoms with Crippen LogP contribution in [0.5, 0.6) is 0 Å². The van der Waals surface area contributed by atoms with Crippen molar-refractivity contribution in [2.45, 2.75) is 31.6 Å². The molecule has 1 aromatic heterocycles. The summed E-state index contributed by atoms with van der Waals surface area (Å²) in [6.45, 7) is 2.09. The molecule has 4 heteroatoms. The van der Waals surface area contributed by atoms with Crippen LogP contribution in [0.25, 0.3) is 11.3 Å². The van der Waals surface area contributed by atoms with Crippen molar-refractivity contribution in [3.8, 4) is 11.3 Å². The number of nitrogens with zero attached hydrogens (tertiary/aromatic N) is 2. The molecule has 2 saturated carbocycles. The van der Waals surface area contributed by atoms with Gasteiger partial charge < -0.3 is 5.73 Å². The number of rotatable bonds is 3. The van der Waals surface area contributed by atoms with Crippen molar-refractivity contribution in [2.75, 3.05) is 0 Å². The number of primary amides is 1. The fraction of sp³-hybridized carbons (Fsp3) is 0.389. The lowest BCUT2D eigenvalue weighted by atomic mass is 9.87. The van der Waals surface area contributed by atoms with Crippen molar-refractivity contribution in [1.82, 2.24) is 10.2 Å². The van der Waals surface area contributed by atoms with Gasteiger partial charge in [0.25, 0.3) is 0 Å². The first-order valence-corrected chi connectivity index (χ1v) is 7.79. The minimum atomic E-state index is -0.146. The van der Waals surface area contributed by atoms with Crippen LogP contribution in [-0.2, 0) is 10.2 Å². The molecule has 2 N–H and O–H groups in total. The topological polar surface area (TPSA) is 68.9 Å². The Morgan fingerprint density at radius 3 is 2.86 bits per heavy atom. The highest BCUT2D eigenvalue weighted by Gasteiger charge is 2.61. The molecule has 0 aliphatic heterocycles. The molecule has 22 heavy (non-hydrogen) atoms.